The van der Waals surface area contributed by atoms with Crippen molar-refractivity contribution in [2.24, 2.45) is 5.92 Å². The molecular weight excluding hydrogens is 184 g/mol. The molecule has 0 saturated heterocycles. The van der Waals surface area contributed by atoms with E-state index in [4.69, 9.17) is 0 Å². The first-order chi connectivity index (χ1) is 7.15. The van der Waals surface area contributed by atoms with Crippen LogP contribution in [0.3, 0.4) is 0 Å². The molecule has 0 N–H and O–H groups in total. The number of nitrogens with zero attached hydrogens (tertiary/aromatic N) is 2. The number of imidazole rings is 1. The fraction of sp³-hybridized carbons (Fsp3) is 0.462. The highest BCUT2D eigenvalue weighted by atomic mass is 15.0. The van der Waals surface area contributed by atoms with Crippen molar-refractivity contribution in [3.05, 3.63) is 36.4 Å². The summed E-state index contributed by atoms with van der Waals surface area (Å²) in [6, 6.07) is 0. The van der Waals surface area contributed by atoms with Crippen LogP contribution in [0, 0.1) is 12.8 Å². The van der Waals surface area contributed by atoms with E-state index in [2.05, 4.69) is 31.6 Å². The van der Waals surface area contributed by atoms with Crippen molar-refractivity contribution in [1.29, 1.82) is 0 Å². The minimum atomic E-state index is 0.499. The second-order valence-corrected chi connectivity index (χ2v) is 3.37. The predicted octanol–water partition coefficient (Wildman–Crippen LogP) is 3.90. The number of aryl methyl sites for hydroxylation is 1. The molecule has 0 aromatic carbocycles. The molecule has 1 rings (SSSR count). The molecular formula is C13H22N2. The van der Waals surface area contributed by atoms with Gasteiger partial charge in [-0.15, -0.1) is 0 Å². The second kappa shape index (κ2) is 7.04. The molecule has 0 aliphatic heterocycles. The molecule has 0 bridgehead atoms. The maximum atomic E-state index is 4.15. The molecule has 1 heterocycles. The summed E-state index contributed by atoms with van der Waals surface area (Å²) in [4.78, 5) is 4.15. The summed E-state index contributed by atoms with van der Waals surface area (Å²) < 4.78 is 2.01. The molecule has 84 valence electrons. The normalized spacial score (nSPS) is 10.9. The Kier molecular flexibility index (Phi) is 6.43. The van der Waals surface area contributed by atoms with Crippen LogP contribution in [0.25, 0.3) is 6.20 Å². The summed E-state index contributed by atoms with van der Waals surface area (Å²) in [6.45, 7) is 14.1. The first kappa shape index (κ1) is 13.7. The van der Waals surface area contributed by atoms with Gasteiger partial charge >= 0.3 is 0 Å². The van der Waals surface area contributed by atoms with Crippen LogP contribution in [0.4, 0.5) is 0 Å². The van der Waals surface area contributed by atoms with Crippen molar-refractivity contribution in [3.8, 4) is 0 Å². The van der Waals surface area contributed by atoms with Crippen LogP contribution in [-0.4, -0.2) is 9.55 Å². The van der Waals surface area contributed by atoms with Gasteiger partial charge in [0.15, 0.2) is 0 Å². The van der Waals surface area contributed by atoms with Crippen LogP contribution in [0.5, 0.6) is 0 Å². The largest absolute Gasteiger partial charge is 0.311 e. The third kappa shape index (κ3) is 4.15. The molecule has 1 aromatic heterocycles. The van der Waals surface area contributed by atoms with Gasteiger partial charge in [-0.1, -0.05) is 40.3 Å². The van der Waals surface area contributed by atoms with Crippen LogP contribution in [0.2, 0.25) is 0 Å². The fourth-order valence-electron chi connectivity index (χ4n) is 1.12. The third-order valence-corrected chi connectivity index (χ3v) is 2.05. The van der Waals surface area contributed by atoms with E-state index in [1.54, 1.807) is 6.20 Å². The smallest absolute Gasteiger partial charge is 0.109 e. The van der Waals surface area contributed by atoms with Gasteiger partial charge in [-0.05, 0) is 18.4 Å². The molecule has 0 spiro atoms. The van der Waals surface area contributed by atoms with E-state index in [0.29, 0.717) is 5.92 Å². The van der Waals surface area contributed by atoms with Gasteiger partial charge in [0.25, 0.3) is 0 Å². The van der Waals surface area contributed by atoms with Gasteiger partial charge in [0.05, 0.1) is 0 Å². The van der Waals surface area contributed by atoms with E-state index in [9.17, 15) is 0 Å². The lowest BCUT2D eigenvalue weighted by atomic mass is 10.1. The van der Waals surface area contributed by atoms with Gasteiger partial charge in [-0.3, -0.25) is 0 Å². The number of aromatic nitrogens is 2. The number of hydrogen-bond acceptors (Lipinski definition) is 1. The maximum absolute atomic E-state index is 4.15. The van der Waals surface area contributed by atoms with E-state index in [1.165, 1.54) is 5.57 Å². The highest BCUT2D eigenvalue weighted by molar-refractivity contribution is 5.39. The Balaban J connectivity index is 0.000000921. The summed E-state index contributed by atoms with van der Waals surface area (Å²) in [5.74, 6) is 1.50. The molecule has 0 saturated carbocycles. The lowest BCUT2D eigenvalue weighted by molar-refractivity contribution is 0.791. The van der Waals surface area contributed by atoms with Gasteiger partial charge in [0.1, 0.15) is 5.82 Å². The monoisotopic (exact) mass is 206 g/mol. The molecule has 2 nitrogen and oxygen atoms in total. The first-order valence-corrected chi connectivity index (χ1v) is 5.48. The van der Waals surface area contributed by atoms with Crippen LogP contribution in [0.15, 0.2) is 30.6 Å². The first-order valence-electron chi connectivity index (χ1n) is 5.48. The number of allylic oxidation sites excluding steroid dienone is 2. The minimum Gasteiger partial charge on any atom is -0.311 e. The lowest BCUT2D eigenvalue weighted by Gasteiger charge is -2.06. The van der Waals surface area contributed by atoms with E-state index < -0.39 is 0 Å². The fourth-order valence-corrected chi connectivity index (χ4v) is 1.12. The van der Waals surface area contributed by atoms with Crippen molar-refractivity contribution in [2.75, 3.05) is 0 Å². The Labute approximate surface area is 93.3 Å². The third-order valence-electron chi connectivity index (χ3n) is 2.05. The van der Waals surface area contributed by atoms with Crippen LogP contribution >= 0.6 is 0 Å². The minimum absolute atomic E-state index is 0.499. The summed E-state index contributed by atoms with van der Waals surface area (Å²) in [7, 11) is 0. The summed E-state index contributed by atoms with van der Waals surface area (Å²) in [5, 5.41) is 0. The van der Waals surface area contributed by atoms with Gasteiger partial charge in [-0.25, -0.2) is 4.98 Å². The molecule has 0 radical (unpaired) electrons. The highest BCUT2D eigenvalue weighted by Gasteiger charge is 1.99. The van der Waals surface area contributed by atoms with Crippen molar-refractivity contribution in [3.63, 3.8) is 0 Å². The highest BCUT2D eigenvalue weighted by Crippen LogP contribution is 2.12. The molecule has 0 unspecified atom stereocenters. The zero-order valence-electron chi connectivity index (χ0n) is 10.5. The molecule has 15 heavy (non-hydrogen) atoms. The zero-order chi connectivity index (χ0) is 11.8. The summed E-state index contributed by atoms with van der Waals surface area (Å²) in [6.07, 6.45) is 7.71. The van der Waals surface area contributed by atoms with Crippen molar-refractivity contribution in [1.82, 2.24) is 9.55 Å². The lowest BCUT2D eigenvalue weighted by Crippen LogP contribution is -1.95. The average Bonchev–Trinajstić information content (AvgIpc) is 2.63. The molecule has 0 amide bonds. The Morgan fingerprint density at radius 1 is 1.47 bits per heavy atom. The molecule has 0 atom stereocenters. The van der Waals surface area contributed by atoms with Gasteiger partial charge in [0.2, 0.25) is 0 Å². The van der Waals surface area contributed by atoms with Gasteiger partial charge < -0.3 is 4.57 Å². The predicted molar refractivity (Wildman–Crippen MR) is 67.6 cm³/mol. The molecule has 0 aliphatic carbocycles. The standard InChI is InChI=1S/C11H16N2.C2H6/c1-5-11(9(2)3)8-13-7-6-12-10(13)4;1-2/h5-9H,1H2,2-4H3;1-2H3/b11-8+;. The average molecular weight is 206 g/mol. The Morgan fingerprint density at radius 2 is 2.07 bits per heavy atom. The van der Waals surface area contributed by atoms with Gasteiger partial charge in [-0.2, -0.15) is 0 Å². The topological polar surface area (TPSA) is 17.8 Å². The quantitative estimate of drug-likeness (QED) is 0.686. The molecule has 0 fully saturated rings. The van der Waals surface area contributed by atoms with Crippen molar-refractivity contribution >= 4 is 6.20 Å². The van der Waals surface area contributed by atoms with E-state index in [-0.39, 0.29) is 0 Å². The molecule has 0 aliphatic rings. The summed E-state index contributed by atoms with van der Waals surface area (Å²) in [5.41, 5.74) is 1.22. The Hall–Kier alpha value is -1.31. The van der Waals surface area contributed by atoms with Crippen LogP contribution < -0.4 is 0 Å². The van der Waals surface area contributed by atoms with E-state index >= 15 is 0 Å². The van der Waals surface area contributed by atoms with E-state index in [1.807, 2.05) is 37.6 Å². The number of hydrogen-bond donors (Lipinski definition) is 0. The SMILES string of the molecule is C=C/C(=C\n1ccnc1C)C(C)C.CC. The Morgan fingerprint density at radius 3 is 2.40 bits per heavy atom. The van der Waals surface area contributed by atoms with E-state index in [0.717, 1.165) is 5.82 Å². The zero-order valence-corrected chi connectivity index (χ0v) is 10.5. The summed E-state index contributed by atoms with van der Waals surface area (Å²) >= 11 is 0. The van der Waals surface area contributed by atoms with Crippen molar-refractivity contribution in [2.45, 2.75) is 34.6 Å². The van der Waals surface area contributed by atoms with Crippen LogP contribution in [-0.2, 0) is 0 Å². The molecule has 2 heteroatoms. The van der Waals surface area contributed by atoms with Crippen LogP contribution in [0.1, 0.15) is 33.5 Å². The maximum Gasteiger partial charge on any atom is 0.109 e. The van der Waals surface area contributed by atoms with Crippen molar-refractivity contribution < 1.29 is 0 Å². The second-order valence-electron chi connectivity index (χ2n) is 3.37. The molecule has 1 aromatic rings. The van der Waals surface area contributed by atoms with Gasteiger partial charge in [0, 0.05) is 18.6 Å². The number of rotatable bonds is 3. The Bertz CT molecular complexity index is 319.